The van der Waals surface area contributed by atoms with Gasteiger partial charge in [-0.25, -0.2) is 0 Å². The Hall–Kier alpha value is -2.30. The monoisotopic (exact) mass is 261 g/mol. The van der Waals surface area contributed by atoms with E-state index in [2.05, 4.69) is 5.32 Å². The second-order valence-corrected chi connectivity index (χ2v) is 4.24. The second kappa shape index (κ2) is 5.14. The van der Waals surface area contributed by atoms with E-state index in [9.17, 15) is 9.59 Å². The molecule has 1 aromatic rings. The molecule has 1 aromatic carbocycles. The number of methoxy groups -OCH3 is 1. The van der Waals surface area contributed by atoms with Crippen molar-refractivity contribution in [1.29, 1.82) is 0 Å². The van der Waals surface area contributed by atoms with E-state index in [1.54, 1.807) is 25.3 Å². The summed E-state index contributed by atoms with van der Waals surface area (Å²) in [5, 5.41) is 2.70. The molecule has 0 bridgehead atoms. The van der Waals surface area contributed by atoms with Crippen LogP contribution in [0.4, 0.5) is 0 Å². The zero-order chi connectivity index (χ0) is 14.0. The first-order valence-electron chi connectivity index (χ1n) is 5.86. The molecule has 1 aliphatic heterocycles. The van der Waals surface area contributed by atoms with Crippen LogP contribution in [0.25, 0.3) is 5.70 Å². The van der Waals surface area contributed by atoms with Crippen LogP contribution in [0.2, 0.25) is 0 Å². The van der Waals surface area contributed by atoms with Crippen LogP contribution in [-0.4, -0.2) is 25.4 Å². The number of fused-ring (bicyclic) bond motifs is 1. The fourth-order valence-corrected chi connectivity index (χ4v) is 1.94. The summed E-state index contributed by atoms with van der Waals surface area (Å²) in [6.07, 6.45) is 0. The van der Waals surface area contributed by atoms with E-state index in [1.807, 2.05) is 0 Å². The fraction of sp³-hybridized carbons (Fsp3) is 0.286. The Bertz CT molecular complexity index is 575. The van der Waals surface area contributed by atoms with Gasteiger partial charge in [-0.05, 0) is 25.1 Å². The van der Waals surface area contributed by atoms with Crippen LogP contribution >= 0.6 is 0 Å². The summed E-state index contributed by atoms with van der Waals surface area (Å²) in [7, 11) is 1.55. The summed E-state index contributed by atoms with van der Waals surface area (Å²) in [6, 6.07) is 5.26. The van der Waals surface area contributed by atoms with Crippen molar-refractivity contribution < 1.29 is 19.1 Å². The van der Waals surface area contributed by atoms with Gasteiger partial charge in [0, 0.05) is 12.5 Å². The molecule has 5 nitrogen and oxygen atoms in total. The quantitative estimate of drug-likeness (QED) is 0.896. The maximum absolute atomic E-state index is 11.6. The number of carbonyl (C=O) groups excluding carboxylic acids is 2. The van der Waals surface area contributed by atoms with Crippen LogP contribution < -0.4 is 14.8 Å². The van der Waals surface area contributed by atoms with Crippen molar-refractivity contribution in [2.75, 3.05) is 13.7 Å². The molecule has 0 unspecified atom stereocenters. The Balaban J connectivity index is 2.58. The highest BCUT2D eigenvalue weighted by Gasteiger charge is 2.24. The molecule has 2 rings (SSSR count). The maximum Gasteiger partial charge on any atom is 0.221 e. The molecule has 0 aromatic heterocycles. The van der Waals surface area contributed by atoms with Crippen molar-refractivity contribution in [1.82, 2.24) is 5.32 Å². The van der Waals surface area contributed by atoms with Gasteiger partial charge in [-0.2, -0.15) is 0 Å². The number of ether oxygens (including phenoxy) is 2. The van der Waals surface area contributed by atoms with Crippen LogP contribution in [0.3, 0.4) is 0 Å². The topological polar surface area (TPSA) is 64.6 Å². The number of hydrogen-bond acceptors (Lipinski definition) is 4. The van der Waals surface area contributed by atoms with Gasteiger partial charge in [-0.1, -0.05) is 0 Å². The fourth-order valence-electron chi connectivity index (χ4n) is 1.94. The van der Waals surface area contributed by atoms with Crippen LogP contribution in [0, 0.1) is 0 Å². The number of carbonyl (C=O) groups is 2. The lowest BCUT2D eigenvalue weighted by molar-refractivity contribution is -0.117. The number of benzene rings is 1. The molecule has 100 valence electrons. The predicted molar refractivity (Wildman–Crippen MR) is 69.9 cm³/mol. The first-order chi connectivity index (χ1) is 9.02. The first kappa shape index (κ1) is 13.1. The van der Waals surface area contributed by atoms with Gasteiger partial charge in [0.05, 0.1) is 18.4 Å². The van der Waals surface area contributed by atoms with Crippen molar-refractivity contribution >= 4 is 17.4 Å². The lowest BCUT2D eigenvalue weighted by Gasteiger charge is -2.23. The van der Waals surface area contributed by atoms with Crippen LogP contribution in [0.1, 0.15) is 19.4 Å². The predicted octanol–water partition coefficient (Wildman–Crippen LogP) is 1.52. The SMILES string of the molecule is COc1ccc2c(c1)C(NC(C)=O)=C(C(C)=O)CO2. The van der Waals surface area contributed by atoms with Gasteiger partial charge in [0.2, 0.25) is 5.91 Å². The molecule has 0 fully saturated rings. The van der Waals surface area contributed by atoms with Gasteiger partial charge in [0.1, 0.15) is 18.1 Å². The first-order valence-corrected chi connectivity index (χ1v) is 5.86. The van der Waals surface area contributed by atoms with Crippen molar-refractivity contribution in [3.8, 4) is 11.5 Å². The highest BCUT2D eigenvalue weighted by molar-refractivity contribution is 6.04. The molecular weight excluding hydrogens is 246 g/mol. The van der Waals surface area contributed by atoms with Crippen molar-refractivity contribution in [2.24, 2.45) is 0 Å². The van der Waals surface area contributed by atoms with Crippen molar-refractivity contribution in [3.05, 3.63) is 29.3 Å². The zero-order valence-corrected chi connectivity index (χ0v) is 11.1. The van der Waals surface area contributed by atoms with Gasteiger partial charge in [0.25, 0.3) is 0 Å². The molecule has 0 spiro atoms. The van der Waals surface area contributed by atoms with Crippen molar-refractivity contribution in [3.63, 3.8) is 0 Å². The Morgan fingerprint density at radius 1 is 1.32 bits per heavy atom. The van der Waals surface area contributed by atoms with E-state index >= 15 is 0 Å². The number of nitrogens with one attached hydrogen (secondary N) is 1. The number of hydrogen-bond donors (Lipinski definition) is 1. The van der Waals surface area contributed by atoms with Crippen LogP contribution in [0.15, 0.2) is 23.8 Å². The number of Topliss-reactive ketones (excluding diaryl/α,β-unsaturated/α-hetero) is 1. The standard InChI is InChI=1S/C14H15NO4/c1-8(16)12-7-19-13-5-4-10(18-3)6-11(13)14(12)15-9(2)17/h4-6H,7H2,1-3H3,(H,15,17). The summed E-state index contributed by atoms with van der Waals surface area (Å²) in [5.74, 6) is 0.895. The van der Waals surface area contributed by atoms with E-state index < -0.39 is 0 Å². The van der Waals surface area contributed by atoms with Crippen LogP contribution in [-0.2, 0) is 9.59 Å². The summed E-state index contributed by atoms with van der Waals surface area (Å²) in [4.78, 5) is 23.0. The van der Waals surface area contributed by atoms with Crippen molar-refractivity contribution in [2.45, 2.75) is 13.8 Å². The molecule has 1 N–H and O–H groups in total. The molecule has 0 saturated carbocycles. The molecule has 1 aliphatic rings. The number of rotatable bonds is 3. The van der Waals surface area contributed by atoms with E-state index in [0.717, 1.165) is 0 Å². The third-order valence-electron chi connectivity index (χ3n) is 2.86. The molecule has 0 radical (unpaired) electrons. The normalized spacial score (nSPS) is 13.4. The molecular formula is C14H15NO4. The average molecular weight is 261 g/mol. The molecule has 0 atom stereocenters. The van der Waals surface area contributed by atoms with Crippen LogP contribution in [0.5, 0.6) is 11.5 Å². The van der Waals surface area contributed by atoms with E-state index in [1.165, 1.54) is 13.8 Å². The molecule has 19 heavy (non-hydrogen) atoms. The maximum atomic E-state index is 11.6. The van der Waals surface area contributed by atoms with Gasteiger partial charge >= 0.3 is 0 Å². The minimum atomic E-state index is -0.232. The third-order valence-corrected chi connectivity index (χ3v) is 2.86. The third kappa shape index (κ3) is 2.59. The lowest BCUT2D eigenvalue weighted by Crippen LogP contribution is -2.27. The lowest BCUT2D eigenvalue weighted by atomic mass is 10.0. The highest BCUT2D eigenvalue weighted by Crippen LogP contribution is 2.34. The van der Waals surface area contributed by atoms with Gasteiger partial charge in [-0.3, -0.25) is 9.59 Å². The van der Waals surface area contributed by atoms with E-state index in [-0.39, 0.29) is 18.3 Å². The van der Waals surface area contributed by atoms with Gasteiger partial charge < -0.3 is 14.8 Å². The summed E-state index contributed by atoms with van der Waals surface area (Å²) >= 11 is 0. The smallest absolute Gasteiger partial charge is 0.221 e. The summed E-state index contributed by atoms with van der Waals surface area (Å²) < 4.78 is 10.7. The number of ketones is 1. The molecule has 1 amide bonds. The number of amides is 1. The average Bonchev–Trinajstić information content (AvgIpc) is 2.37. The second-order valence-electron chi connectivity index (χ2n) is 4.24. The minimum absolute atomic E-state index is 0.128. The van der Waals surface area contributed by atoms with E-state index in [0.29, 0.717) is 28.3 Å². The summed E-state index contributed by atoms with van der Waals surface area (Å²) in [5.41, 5.74) is 1.61. The highest BCUT2D eigenvalue weighted by atomic mass is 16.5. The van der Waals surface area contributed by atoms with Gasteiger partial charge in [-0.15, -0.1) is 0 Å². The Morgan fingerprint density at radius 2 is 2.05 bits per heavy atom. The summed E-state index contributed by atoms with van der Waals surface area (Å²) in [6.45, 7) is 3.01. The van der Waals surface area contributed by atoms with E-state index in [4.69, 9.17) is 9.47 Å². The van der Waals surface area contributed by atoms with Gasteiger partial charge in [0.15, 0.2) is 5.78 Å². The minimum Gasteiger partial charge on any atom is -0.497 e. The molecule has 0 aliphatic carbocycles. The molecule has 5 heteroatoms. The Morgan fingerprint density at radius 3 is 2.63 bits per heavy atom. The Kier molecular flexibility index (Phi) is 3.55. The molecule has 1 heterocycles. The Labute approximate surface area is 111 Å². The zero-order valence-electron chi connectivity index (χ0n) is 11.1. The molecule has 0 saturated heterocycles. The largest absolute Gasteiger partial charge is 0.497 e.